The molecule has 0 bridgehead atoms. The van der Waals surface area contributed by atoms with Crippen molar-refractivity contribution in [3.05, 3.63) is 29.3 Å². The van der Waals surface area contributed by atoms with E-state index in [-0.39, 0.29) is 12.3 Å². The van der Waals surface area contributed by atoms with Crippen LogP contribution in [-0.2, 0) is 9.59 Å². The second-order valence-corrected chi connectivity index (χ2v) is 7.23. The van der Waals surface area contributed by atoms with E-state index in [9.17, 15) is 9.59 Å². The zero-order valence-corrected chi connectivity index (χ0v) is 16.0. The van der Waals surface area contributed by atoms with Gasteiger partial charge in [0.05, 0.1) is 13.1 Å². The minimum atomic E-state index is -0.751. The molecular formula is C19H27ClN2O4. The van der Waals surface area contributed by atoms with Crippen molar-refractivity contribution < 1.29 is 19.4 Å². The lowest BCUT2D eigenvalue weighted by atomic mass is 9.93. The van der Waals surface area contributed by atoms with Crippen LogP contribution in [0.25, 0.3) is 0 Å². The van der Waals surface area contributed by atoms with E-state index < -0.39 is 5.97 Å². The van der Waals surface area contributed by atoms with Gasteiger partial charge in [-0.15, -0.1) is 0 Å². The Bertz CT molecular complexity index is 594. The number of piperidine rings is 1. The second-order valence-electron chi connectivity index (χ2n) is 6.79. The normalized spacial score (nSPS) is 17.7. The summed E-state index contributed by atoms with van der Waals surface area (Å²) in [6.07, 6.45) is 2.95. The van der Waals surface area contributed by atoms with Crippen LogP contribution in [0.5, 0.6) is 5.75 Å². The number of carbonyl (C=O) groups excluding carboxylic acids is 1. The number of likely N-dealkylation sites (tertiary alicyclic amines) is 1. The third-order valence-electron chi connectivity index (χ3n) is 4.66. The van der Waals surface area contributed by atoms with Gasteiger partial charge >= 0.3 is 5.97 Å². The Morgan fingerprint density at radius 2 is 2.08 bits per heavy atom. The van der Waals surface area contributed by atoms with E-state index in [0.717, 1.165) is 31.7 Å². The van der Waals surface area contributed by atoms with Gasteiger partial charge in [-0.25, -0.2) is 0 Å². The number of carbonyl (C=O) groups is 2. The fourth-order valence-corrected chi connectivity index (χ4v) is 3.25. The summed E-state index contributed by atoms with van der Waals surface area (Å²) in [5.74, 6) is 0.404. The number of amides is 1. The van der Waals surface area contributed by atoms with Crippen LogP contribution in [0.3, 0.4) is 0 Å². The second kappa shape index (κ2) is 10.4. The molecule has 1 atom stereocenters. The highest BCUT2D eigenvalue weighted by atomic mass is 35.5. The van der Waals surface area contributed by atoms with Crippen molar-refractivity contribution in [2.24, 2.45) is 5.92 Å². The highest BCUT2D eigenvalue weighted by Crippen LogP contribution is 2.21. The average Bonchev–Trinajstić information content (AvgIpc) is 2.62. The maximum atomic E-state index is 12.4. The molecule has 1 saturated heterocycles. The van der Waals surface area contributed by atoms with Crippen LogP contribution in [0, 0.1) is 5.92 Å². The van der Waals surface area contributed by atoms with Gasteiger partial charge in [0.25, 0.3) is 0 Å². The number of halogens is 1. The Hall–Kier alpha value is -1.79. The maximum Gasteiger partial charge on any atom is 0.303 e. The SMILES string of the molecule is CN(CCOc1ccc(Cl)cc1)C(=O)CN1CCCC(CCC(=O)O)C1. The molecule has 1 aliphatic heterocycles. The van der Waals surface area contributed by atoms with Crippen molar-refractivity contribution in [3.8, 4) is 5.75 Å². The van der Waals surface area contributed by atoms with E-state index in [4.69, 9.17) is 21.4 Å². The quantitative estimate of drug-likeness (QED) is 0.711. The monoisotopic (exact) mass is 382 g/mol. The van der Waals surface area contributed by atoms with Crippen molar-refractivity contribution in [2.45, 2.75) is 25.7 Å². The third-order valence-corrected chi connectivity index (χ3v) is 4.92. The lowest BCUT2D eigenvalue weighted by molar-refractivity contribution is -0.137. The van der Waals surface area contributed by atoms with Crippen LogP contribution < -0.4 is 4.74 Å². The Morgan fingerprint density at radius 1 is 1.35 bits per heavy atom. The van der Waals surface area contributed by atoms with E-state index in [0.29, 0.717) is 37.1 Å². The minimum absolute atomic E-state index is 0.0589. The number of hydrogen-bond acceptors (Lipinski definition) is 4. The molecule has 26 heavy (non-hydrogen) atoms. The number of carboxylic acids is 1. The summed E-state index contributed by atoms with van der Waals surface area (Å²) < 4.78 is 5.62. The Balaban J connectivity index is 1.68. The van der Waals surface area contributed by atoms with Gasteiger partial charge in [-0.3, -0.25) is 14.5 Å². The zero-order valence-electron chi connectivity index (χ0n) is 15.2. The molecule has 7 heteroatoms. The van der Waals surface area contributed by atoms with Crippen LogP contribution in [-0.4, -0.2) is 66.6 Å². The smallest absolute Gasteiger partial charge is 0.303 e. The van der Waals surface area contributed by atoms with Gasteiger partial charge in [0.1, 0.15) is 12.4 Å². The molecule has 0 spiro atoms. The van der Waals surface area contributed by atoms with Gasteiger partial charge in [0.2, 0.25) is 5.91 Å². The first kappa shape index (κ1) is 20.5. The molecule has 1 aromatic carbocycles. The lowest BCUT2D eigenvalue weighted by Gasteiger charge is -2.33. The molecule has 2 rings (SSSR count). The van der Waals surface area contributed by atoms with Crippen LogP contribution in [0.1, 0.15) is 25.7 Å². The lowest BCUT2D eigenvalue weighted by Crippen LogP contribution is -2.44. The Kier molecular flexibility index (Phi) is 8.19. The summed E-state index contributed by atoms with van der Waals surface area (Å²) >= 11 is 5.83. The summed E-state index contributed by atoms with van der Waals surface area (Å²) in [5, 5.41) is 9.47. The molecule has 144 valence electrons. The number of carboxylic acid groups (broad SMARTS) is 1. The number of benzene rings is 1. The molecule has 1 unspecified atom stereocenters. The topological polar surface area (TPSA) is 70.1 Å². The highest BCUT2D eigenvalue weighted by Gasteiger charge is 2.23. The molecule has 0 aliphatic carbocycles. The molecule has 0 saturated carbocycles. The molecular weight excluding hydrogens is 356 g/mol. The summed E-state index contributed by atoms with van der Waals surface area (Å²) in [5.41, 5.74) is 0. The molecule has 6 nitrogen and oxygen atoms in total. The fourth-order valence-electron chi connectivity index (χ4n) is 3.13. The Morgan fingerprint density at radius 3 is 2.77 bits per heavy atom. The van der Waals surface area contributed by atoms with Crippen LogP contribution >= 0.6 is 11.6 Å². The van der Waals surface area contributed by atoms with Crippen LogP contribution in [0.2, 0.25) is 5.02 Å². The molecule has 1 fully saturated rings. The van der Waals surface area contributed by atoms with Crippen molar-refractivity contribution >= 4 is 23.5 Å². The Labute approximate surface area is 159 Å². The predicted molar refractivity (Wildman–Crippen MR) is 101 cm³/mol. The highest BCUT2D eigenvalue weighted by molar-refractivity contribution is 6.30. The predicted octanol–water partition coefficient (Wildman–Crippen LogP) is 2.75. The first-order chi connectivity index (χ1) is 12.4. The maximum absolute atomic E-state index is 12.4. The van der Waals surface area contributed by atoms with Gasteiger partial charge in [0.15, 0.2) is 0 Å². The van der Waals surface area contributed by atoms with E-state index in [1.54, 1.807) is 36.2 Å². The minimum Gasteiger partial charge on any atom is -0.492 e. The van der Waals surface area contributed by atoms with Gasteiger partial charge in [0, 0.05) is 25.0 Å². The number of rotatable bonds is 9. The van der Waals surface area contributed by atoms with E-state index in [1.807, 2.05) is 0 Å². The first-order valence-electron chi connectivity index (χ1n) is 9.00. The van der Waals surface area contributed by atoms with Crippen LogP contribution in [0.4, 0.5) is 0 Å². The molecule has 1 aromatic rings. The van der Waals surface area contributed by atoms with E-state index >= 15 is 0 Å². The van der Waals surface area contributed by atoms with Gasteiger partial charge in [-0.05, 0) is 56.0 Å². The molecule has 1 aliphatic rings. The van der Waals surface area contributed by atoms with Crippen molar-refractivity contribution in [1.29, 1.82) is 0 Å². The summed E-state index contributed by atoms with van der Waals surface area (Å²) in [6, 6.07) is 7.13. The number of nitrogens with zero attached hydrogens (tertiary/aromatic N) is 2. The molecule has 0 aromatic heterocycles. The number of ether oxygens (including phenoxy) is 1. The zero-order chi connectivity index (χ0) is 18.9. The number of likely N-dealkylation sites (N-methyl/N-ethyl adjacent to an activating group) is 1. The first-order valence-corrected chi connectivity index (χ1v) is 9.38. The average molecular weight is 383 g/mol. The van der Waals surface area contributed by atoms with Crippen LogP contribution in [0.15, 0.2) is 24.3 Å². The summed E-state index contributed by atoms with van der Waals surface area (Å²) in [7, 11) is 1.78. The van der Waals surface area contributed by atoms with Gasteiger partial charge in [-0.2, -0.15) is 0 Å². The molecule has 1 amide bonds. The number of hydrogen-bond donors (Lipinski definition) is 1. The molecule has 1 heterocycles. The van der Waals surface area contributed by atoms with Gasteiger partial charge in [-0.1, -0.05) is 11.6 Å². The van der Waals surface area contributed by atoms with E-state index in [1.165, 1.54) is 0 Å². The number of aliphatic carboxylic acids is 1. The van der Waals surface area contributed by atoms with Crippen molar-refractivity contribution in [1.82, 2.24) is 9.80 Å². The molecule has 1 N–H and O–H groups in total. The van der Waals surface area contributed by atoms with Gasteiger partial charge < -0.3 is 14.7 Å². The molecule has 0 radical (unpaired) electrons. The van der Waals surface area contributed by atoms with Crippen molar-refractivity contribution in [2.75, 3.05) is 39.8 Å². The van der Waals surface area contributed by atoms with E-state index in [2.05, 4.69) is 4.90 Å². The summed E-state index contributed by atoms with van der Waals surface area (Å²) in [4.78, 5) is 26.9. The largest absolute Gasteiger partial charge is 0.492 e. The third kappa shape index (κ3) is 7.22. The fraction of sp³-hybridized carbons (Fsp3) is 0.579. The standard InChI is InChI=1S/C19H27ClN2O4/c1-21(11-12-26-17-7-5-16(20)6-8-17)18(23)14-22-10-2-3-15(13-22)4-9-19(24)25/h5-8,15H,2-4,9-14H2,1H3,(H,24,25). The summed E-state index contributed by atoms with van der Waals surface area (Å²) in [6.45, 7) is 3.00. The van der Waals surface area contributed by atoms with Crippen molar-refractivity contribution in [3.63, 3.8) is 0 Å².